The first-order valence-electron chi connectivity index (χ1n) is 9.23. The van der Waals surface area contributed by atoms with Gasteiger partial charge >= 0.3 is 0 Å². The van der Waals surface area contributed by atoms with Crippen LogP contribution in [0.4, 0.5) is 5.82 Å². The van der Waals surface area contributed by atoms with Gasteiger partial charge in [0, 0.05) is 44.2 Å². The number of nitrogens with one attached hydrogen (secondary N) is 1. The Bertz CT molecular complexity index is 616. The smallest absolute Gasteiger partial charge is 0.223 e. The van der Waals surface area contributed by atoms with Crippen molar-refractivity contribution in [3.05, 3.63) is 12.4 Å². The minimum absolute atomic E-state index is 0.0989. The van der Waals surface area contributed by atoms with E-state index >= 15 is 0 Å². The molecule has 2 aliphatic heterocycles. The minimum atomic E-state index is 0.0989. The van der Waals surface area contributed by atoms with E-state index in [-0.39, 0.29) is 17.9 Å². The molecule has 1 aromatic rings. The van der Waals surface area contributed by atoms with Gasteiger partial charge < -0.3 is 19.7 Å². The minimum Gasteiger partial charge on any atom is -0.481 e. The van der Waals surface area contributed by atoms with Crippen LogP contribution in [0.15, 0.2) is 12.4 Å². The maximum absolute atomic E-state index is 12.7. The lowest BCUT2D eigenvalue weighted by atomic mass is 9.95. The highest BCUT2D eigenvalue weighted by molar-refractivity contribution is 5.79. The molecule has 2 atom stereocenters. The molecule has 3 aliphatic rings. The van der Waals surface area contributed by atoms with E-state index in [0.717, 1.165) is 37.7 Å². The van der Waals surface area contributed by atoms with E-state index in [1.807, 2.05) is 6.07 Å². The normalized spacial score (nSPS) is 27.3. The van der Waals surface area contributed by atoms with E-state index in [1.54, 1.807) is 7.11 Å². The van der Waals surface area contributed by atoms with Gasteiger partial charge in [0.2, 0.25) is 11.8 Å². The van der Waals surface area contributed by atoms with Gasteiger partial charge in [-0.15, -0.1) is 0 Å². The molecule has 136 valence electrons. The second-order valence-corrected chi connectivity index (χ2v) is 7.33. The standard InChI is InChI=1S/C18H26N4O3/c1-24-17-8-16(19-11-20-17)22-9-14(12-2-3-12)15(10-22)21-18(23)13-4-6-25-7-5-13/h8,11-15H,2-7,9-10H2,1H3,(H,21,23). The van der Waals surface area contributed by atoms with E-state index in [1.165, 1.54) is 19.2 Å². The van der Waals surface area contributed by atoms with E-state index in [0.29, 0.717) is 25.0 Å². The molecule has 4 rings (SSSR count). The second kappa shape index (κ2) is 7.15. The summed E-state index contributed by atoms with van der Waals surface area (Å²) in [7, 11) is 1.61. The Balaban J connectivity index is 1.44. The molecule has 2 saturated heterocycles. The van der Waals surface area contributed by atoms with Crippen LogP contribution in [0.3, 0.4) is 0 Å². The summed E-state index contributed by atoms with van der Waals surface area (Å²) in [4.78, 5) is 23.4. The topological polar surface area (TPSA) is 76.6 Å². The van der Waals surface area contributed by atoms with Gasteiger partial charge in [0.1, 0.15) is 12.1 Å². The highest BCUT2D eigenvalue weighted by atomic mass is 16.5. The highest BCUT2D eigenvalue weighted by Gasteiger charge is 2.44. The van der Waals surface area contributed by atoms with Crippen LogP contribution in [0.2, 0.25) is 0 Å². The Morgan fingerprint density at radius 3 is 2.76 bits per heavy atom. The Morgan fingerprint density at radius 1 is 1.24 bits per heavy atom. The van der Waals surface area contributed by atoms with Crippen LogP contribution in [0, 0.1) is 17.8 Å². The molecule has 1 N–H and O–H groups in total. The predicted octanol–water partition coefficient (Wildman–Crippen LogP) is 1.24. The molecule has 1 aliphatic carbocycles. The fourth-order valence-electron chi connectivity index (χ4n) is 4.05. The molecule has 3 heterocycles. The van der Waals surface area contributed by atoms with Crippen LogP contribution < -0.4 is 15.0 Å². The van der Waals surface area contributed by atoms with Crippen molar-refractivity contribution in [1.29, 1.82) is 0 Å². The number of aromatic nitrogens is 2. The van der Waals surface area contributed by atoms with E-state index in [4.69, 9.17) is 9.47 Å². The average molecular weight is 346 g/mol. The fraction of sp³-hybridized carbons (Fsp3) is 0.722. The molecule has 0 spiro atoms. The number of amides is 1. The molecule has 0 bridgehead atoms. The summed E-state index contributed by atoms with van der Waals surface area (Å²) >= 11 is 0. The van der Waals surface area contributed by atoms with Crippen LogP contribution in [0.25, 0.3) is 0 Å². The number of ether oxygens (including phenoxy) is 2. The zero-order valence-corrected chi connectivity index (χ0v) is 14.7. The predicted molar refractivity (Wildman–Crippen MR) is 92.5 cm³/mol. The largest absolute Gasteiger partial charge is 0.481 e. The van der Waals surface area contributed by atoms with E-state index in [2.05, 4.69) is 20.2 Å². The zero-order valence-electron chi connectivity index (χ0n) is 14.7. The molecule has 1 aromatic heterocycles. The zero-order chi connectivity index (χ0) is 17.2. The SMILES string of the molecule is COc1cc(N2CC(NC(=O)C3CCOCC3)C(C3CC3)C2)ncn1. The molecule has 2 unspecified atom stereocenters. The molecule has 7 heteroatoms. The number of carbonyl (C=O) groups excluding carboxylic acids is 1. The maximum atomic E-state index is 12.7. The lowest BCUT2D eigenvalue weighted by molar-refractivity contribution is -0.128. The molecular formula is C18H26N4O3. The van der Waals surface area contributed by atoms with Gasteiger partial charge in [0.15, 0.2) is 0 Å². The Kier molecular flexibility index (Phi) is 4.74. The second-order valence-electron chi connectivity index (χ2n) is 7.33. The highest BCUT2D eigenvalue weighted by Crippen LogP contribution is 2.42. The Hall–Kier alpha value is -1.89. The third kappa shape index (κ3) is 3.71. The van der Waals surface area contributed by atoms with Crippen LogP contribution in [0.1, 0.15) is 25.7 Å². The quantitative estimate of drug-likeness (QED) is 0.864. The van der Waals surface area contributed by atoms with Gasteiger partial charge in [-0.2, -0.15) is 0 Å². The summed E-state index contributed by atoms with van der Waals surface area (Å²) in [6, 6.07) is 2.07. The molecule has 0 aromatic carbocycles. The van der Waals surface area contributed by atoms with Gasteiger partial charge in [-0.25, -0.2) is 9.97 Å². The third-order valence-corrected chi connectivity index (χ3v) is 5.67. The Morgan fingerprint density at radius 2 is 2.04 bits per heavy atom. The fourth-order valence-corrected chi connectivity index (χ4v) is 4.05. The monoisotopic (exact) mass is 346 g/mol. The van der Waals surface area contributed by atoms with Gasteiger partial charge in [0.25, 0.3) is 0 Å². The number of nitrogens with zero attached hydrogens (tertiary/aromatic N) is 3. The van der Waals surface area contributed by atoms with Crippen molar-refractivity contribution >= 4 is 11.7 Å². The molecule has 1 saturated carbocycles. The number of methoxy groups -OCH3 is 1. The number of anilines is 1. The summed E-state index contributed by atoms with van der Waals surface area (Å²) in [6.07, 6.45) is 5.75. The first kappa shape index (κ1) is 16.6. The lowest BCUT2D eigenvalue weighted by Crippen LogP contribution is -2.45. The first-order chi connectivity index (χ1) is 12.2. The van der Waals surface area contributed by atoms with Gasteiger partial charge in [0.05, 0.1) is 13.2 Å². The molecular weight excluding hydrogens is 320 g/mol. The van der Waals surface area contributed by atoms with E-state index in [9.17, 15) is 4.79 Å². The first-order valence-corrected chi connectivity index (χ1v) is 9.23. The maximum Gasteiger partial charge on any atom is 0.223 e. The number of hydrogen-bond donors (Lipinski definition) is 1. The van der Waals surface area contributed by atoms with Crippen molar-refractivity contribution < 1.29 is 14.3 Å². The third-order valence-electron chi connectivity index (χ3n) is 5.67. The summed E-state index contributed by atoms with van der Waals surface area (Å²) in [5.41, 5.74) is 0. The van der Waals surface area contributed by atoms with Gasteiger partial charge in [-0.1, -0.05) is 0 Å². The summed E-state index contributed by atoms with van der Waals surface area (Å²) in [5, 5.41) is 3.34. The van der Waals surface area contributed by atoms with E-state index < -0.39 is 0 Å². The molecule has 1 amide bonds. The van der Waals surface area contributed by atoms with Crippen LogP contribution in [0.5, 0.6) is 5.88 Å². The molecule has 3 fully saturated rings. The van der Waals surface area contributed by atoms with Crippen molar-refractivity contribution in [1.82, 2.24) is 15.3 Å². The van der Waals surface area contributed by atoms with Crippen LogP contribution in [-0.4, -0.2) is 55.3 Å². The number of rotatable bonds is 5. The van der Waals surface area contributed by atoms with Gasteiger partial charge in [-0.3, -0.25) is 4.79 Å². The molecule has 7 nitrogen and oxygen atoms in total. The Labute approximate surface area is 148 Å². The summed E-state index contributed by atoms with van der Waals surface area (Å²) in [5.74, 6) is 2.98. The summed E-state index contributed by atoms with van der Waals surface area (Å²) in [6.45, 7) is 3.13. The van der Waals surface area contributed by atoms with Crippen molar-refractivity contribution in [3.8, 4) is 5.88 Å². The molecule has 25 heavy (non-hydrogen) atoms. The average Bonchev–Trinajstić information content (AvgIpc) is 3.43. The van der Waals surface area contributed by atoms with Crippen LogP contribution >= 0.6 is 0 Å². The van der Waals surface area contributed by atoms with Crippen molar-refractivity contribution in [2.75, 3.05) is 38.3 Å². The number of carbonyl (C=O) groups is 1. The van der Waals surface area contributed by atoms with Crippen LogP contribution in [-0.2, 0) is 9.53 Å². The molecule has 0 radical (unpaired) electrons. The number of hydrogen-bond acceptors (Lipinski definition) is 6. The van der Waals surface area contributed by atoms with Crippen molar-refractivity contribution in [2.24, 2.45) is 17.8 Å². The summed E-state index contributed by atoms with van der Waals surface area (Å²) < 4.78 is 10.6. The van der Waals surface area contributed by atoms with Gasteiger partial charge in [-0.05, 0) is 31.6 Å². The van der Waals surface area contributed by atoms with Crippen molar-refractivity contribution in [3.63, 3.8) is 0 Å². The lowest BCUT2D eigenvalue weighted by Gasteiger charge is -2.25. The van der Waals surface area contributed by atoms with Crippen molar-refractivity contribution in [2.45, 2.75) is 31.7 Å².